The van der Waals surface area contributed by atoms with Gasteiger partial charge in [0.2, 0.25) is 5.91 Å². The van der Waals surface area contributed by atoms with Crippen LogP contribution in [-0.4, -0.2) is 47.4 Å². The number of nitriles is 1. The minimum absolute atomic E-state index is 0.140. The van der Waals surface area contributed by atoms with Crippen LogP contribution in [0.3, 0.4) is 0 Å². The molecule has 2 fully saturated rings. The molecular weight excluding hydrogens is 334 g/mol. The number of urea groups is 1. The smallest absolute Gasteiger partial charge is 0.326 e. The molecule has 0 saturated carbocycles. The van der Waals surface area contributed by atoms with Gasteiger partial charge in [0.15, 0.2) is 0 Å². The van der Waals surface area contributed by atoms with Crippen molar-refractivity contribution in [3.63, 3.8) is 0 Å². The number of piperidine rings is 1. The summed E-state index contributed by atoms with van der Waals surface area (Å²) in [6, 6.07) is 8.19. The number of primary amides is 1. The molecule has 1 aromatic carbocycles. The van der Waals surface area contributed by atoms with Crippen molar-refractivity contribution >= 4 is 17.8 Å². The molecule has 2 saturated heterocycles. The molecule has 0 radical (unpaired) electrons. The van der Waals surface area contributed by atoms with E-state index in [0.29, 0.717) is 37.1 Å². The Morgan fingerprint density at radius 1 is 1.31 bits per heavy atom. The maximum absolute atomic E-state index is 12.9. The van der Waals surface area contributed by atoms with Crippen LogP contribution in [0.15, 0.2) is 24.3 Å². The third kappa shape index (κ3) is 3.13. The van der Waals surface area contributed by atoms with Crippen molar-refractivity contribution in [2.45, 2.75) is 25.3 Å². The van der Waals surface area contributed by atoms with E-state index in [0.717, 1.165) is 0 Å². The molecule has 136 valence electrons. The molecule has 4 amide bonds. The normalized spacial score (nSPS) is 24.4. The third-order valence-electron chi connectivity index (χ3n) is 5.20. The van der Waals surface area contributed by atoms with Crippen LogP contribution in [0.4, 0.5) is 4.79 Å². The summed E-state index contributed by atoms with van der Waals surface area (Å²) >= 11 is 0. The number of hydrogen-bond donors (Lipinski definition) is 2. The molecule has 2 heterocycles. The van der Waals surface area contributed by atoms with Gasteiger partial charge in [0.05, 0.1) is 18.3 Å². The number of nitrogens with two attached hydrogens (primary N) is 1. The van der Waals surface area contributed by atoms with Crippen LogP contribution in [0.1, 0.15) is 30.9 Å². The van der Waals surface area contributed by atoms with Gasteiger partial charge in [-0.1, -0.05) is 12.1 Å². The number of amides is 4. The molecule has 1 aromatic rings. The molecule has 8 heteroatoms. The first-order valence-electron chi connectivity index (χ1n) is 8.51. The van der Waals surface area contributed by atoms with Gasteiger partial charge in [0.25, 0.3) is 5.91 Å². The van der Waals surface area contributed by atoms with Gasteiger partial charge in [0, 0.05) is 19.0 Å². The van der Waals surface area contributed by atoms with E-state index in [4.69, 9.17) is 11.0 Å². The molecule has 8 nitrogen and oxygen atoms in total. The topological polar surface area (TPSA) is 120 Å². The molecule has 0 aliphatic carbocycles. The molecule has 1 unspecified atom stereocenters. The van der Waals surface area contributed by atoms with E-state index in [1.54, 1.807) is 31.2 Å². The highest BCUT2D eigenvalue weighted by Crippen LogP contribution is 2.29. The molecule has 2 aliphatic heterocycles. The van der Waals surface area contributed by atoms with E-state index in [1.165, 1.54) is 4.90 Å². The molecule has 0 bridgehead atoms. The number of benzene rings is 1. The highest BCUT2D eigenvalue weighted by molar-refractivity contribution is 6.07. The van der Waals surface area contributed by atoms with Crippen molar-refractivity contribution in [3.8, 4) is 6.07 Å². The van der Waals surface area contributed by atoms with Crippen LogP contribution in [0.5, 0.6) is 0 Å². The highest BCUT2D eigenvalue weighted by Gasteiger charge is 2.49. The molecule has 26 heavy (non-hydrogen) atoms. The number of hydrogen-bond acceptors (Lipinski definition) is 5. The lowest BCUT2D eigenvalue weighted by molar-refractivity contribution is -0.133. The Kier molecular flexibility index (Phi) is 4.66. The summed E-state index contributed by atoms with van der Waals surface area (Å²) in [5.41, 5.74) is 5.30. The Labute approximate surface area is 151 Å². The number of nitrogens with zero attached hydrogens (tertiary/aromatic N) is 3. The lowest BCUT2D eigenvalue weighted by Crippen LogP contribution is -2.47. The summed E-state index contributed by atoms with van der Waals surface area (Å²) in [6.45, 7) is 3.06. The monoisotopic (exact) mass is 355 g/mol. The molecule has 1 atom stereocenters. The van der Waals surface area contributed by atoms with Crippen LogP contribution in [0.25, 0.3) is 0 Å². The van der Waals surface area contributed by atoms with Gasteiger partial charge in [-0.3, -0.25) is 14.5 Å². The van der Waals surface area contributed by atoms with E-state index < -0.39 is 11.6 Å². The van der Waals surface area contributed by atoms with E-state index in [9.17, 15) is 14.4 Å². The van der Waals surface area contributed by atoms with Crippen molar-refractivity contribution in [2.75, 3.05) is 19.8 Å². The second-order valence-corrected chi connectivity index (χ2v) is 6.91. The van der Waals surface area contributed by atoms with Gasteiger partial charge in [-0.05, 0) is 37.5 Å². The fraction of sp³-hybridized carbons (Fsp3) is 0.444. The second kappa shape index (κ2) is 6.77. The van der Waals surface area contributed by atoms with Crippen LogP contribution in [0, 0.1) is 17.2 Å². The Morgan fingerprint density at radius 2 is 1.92 bits per heavy atom. The second-order valence-electron chi connectivity index (χ2n) is 6.91. The fourth-order valence-corrected chi connectivity index (χ4v) is 3.46. The molecular formula is C18H21N5O3. The van der Waals surface area contributed by atoms with E-state index >= 15 is 0 Å². The Hall–Kier alpha value is -2.92. The third-order valence-corrected chi connectivity index (χ3v) is 5.20. The van der Waals surface area contributed by atoms with Crippen LogP contribution < -0.4 is 11.1 Å². The lowest BCUT2D eigenvalue weighted by Gasteiger charge is -2.32. The van der Waals surface area contributed by atoms with Crippen molar-refractivity contribution in [1.82, 2.24) is 15.1 Å². The minimum Gasteiger partial charge on any atom is -0.369 e. The zero-order valence-electron chi connectivity index (χ0n) is 14.6. The maximum Gasteiger partial charge on any atom is 0.326 e. The number of carbonyl (C=O) groups excluding carboxylic acids is 3. The van der Waals surface area contributed by atoms with E-state index in [1.807, 2.05) is 11.0 Å². The summed E-state index contributed by atoms with van der Waals surface area (Å²) in [6.07, 6.45) is 1.26. The summed E-state index contributed by atoms with van der Waals surface area (Å²) in [5, 5.41) is 11.7. The quantitative estimate of drug-likeness (QED) is 0.761. The highest BCUT2D eigenvalue weighted by atomic mass is 16.2. The summed E-state index contributed by atoms with van der Waals surface area (Å²) in [7, 11) is 0. The van der Waals surface area contributed by atoms with Gasteiger partial charge >= 0.3 is 6.03 Å². The number of rotatable bonds is 4. The minimum atomic E-state index is -1.16. The van der Waals surface area contributed by atoms with Gasteiger partial charge < -0.3 is 11.1 Å². The number of imide groups is 1. The predicted molar refractivity (Wildman–Crippen MR) is 92.2 cm³/mol. The zero-order valence-corrected chi connectivity index (χ0v) is 14.6. The van der Waals surface area contributed by atoms with Crippen molar-refractivity contribution in [2.24, 2.45) is 11.7 Å². The van der Waals surface area contributed by atoms with Crippen molar-refractivity contribution in [3.05, 3.63) is 35.4 Å². The van der Waals surface area contributed by atoms with E-state index in [-0.39, 0.29) is 24.4 Å². The first kappa shape index (κ1) is 17.9. The standard InChI is InChI=1S/C18H21N5O3/c1-18(14-4-2-12(10-19)3-5-14)16(25)23(17(26)21-18)11-22-8-6-13(7-9-22)15(20)24/h2-5,13H,6-9,11H2,1H3,(H2,20,24)(H,21,26). The Morgan fingerprint density at radius 3 is 2.46 bits per heavy atom. The molecule has 0 spiro atoms. The molecule has 3 rings (SSSR count). The Bertz CT molecular complexity index is 777. The number of likely N-dealkylation sites (tertiary alicyclic amines) is 1. The van der Waals surface area contributed by atoms with Gasteiger partial charge in [-0.15, -0.1) is 0 Å². The van der Waals surface area contributed by atoms with E-state index in [2.05, 4.69) is 5.32 Å². The average Bonchev–Trinajstić information content (AvgIpc) is 2.86. The van der Waals surface area contributed by atoms with Crippen molar-refractivity contribution < 1.29 is 14.4 Å². The molecule has 3 N–H and O–H groups in total. The number of nitrogens with one attached hydrogen (secondary N) is 1. The predicted octanol–water partition coefficient (Wildman–Crippen LogP) is 0.480. The number of carbonyl (C=O) groups is 3. The first-order chi connectivity index (χ1) is 12.3. The summed E-state index contributed by atoms with van der Waals surface area (Å²) in [4.78, 5) is 39.7. The molecule has 0 aromatic heterocycles. The largest absolute Gasteiger partial charge is 0.369 e. The van der Waals surface area contributed by atoms with Gasteiger partial charge in [0.1, 0.15) is 5.54 Å². The first-order valence-corrected chi connectivity index (χ1v) is 8.51. The Balaban J connectivity index is 1.70. The van der Waals surface area contributed by atoms with Crippen LogP contribution in [0.2, 0.25) is 0 Å². The summed E-state index contributed by atoms with van der Waals surface area (Å²) < 4.78 is 0. The van der Waals surface area contributed by atoms with Crippen LogP contribution >= 0.6 is 0 Å². The molecule has 2 aliphatic rings. The maximum atomic E-state index is 12.9. The average molecular weight is 355 g/mol. The lowest BCUT2D eigenvalue weighted by atomic mass is 9.91. The fourth-order valence-electron chi connectivity index (χ4n) is 3.46. The SMILES string of the molecule is CC1(c2ccc(C#N)cc2)NC(=O)N(CN2CCC(C(N)=O)CC2)C1=O. The zero-order chi connectivity index (χ0) is 18.9. The van der Waals surface area contributed by atoms with Gasteiger partial charge in [-0.25, -0.2) is 9.69 Å². The van der Waals surface area contributed by atoms with Crippen LogP contribution in [-0.2, 0) is 15.1 Å². The summed E-state index contributed by atoms with van der Waals surface area (Å²) in [5.74, 6) is -0.768. The van der Waals surface area contributed by atoms with Gasteiger partial charge in [-0.2, -0.15) is 5.26 Å². The van der Waals surface area contributed by atoms with Crippen molar-refractivity contribution in [1.29, 1.82) is 5.26 Å².